The number of nitrogens with one attached hydrogen (secondary N) is 1. The maximum absolute atomic E-state index is 5.23. The number of aromatic amines is 1. The van der Waals surface area contributed by atoms with Gasteiger partial charge in [0.05, 0.1) is 18.0 Å². The molecular weight excluding hydrogens is 236 g/mol. The number of nitrogens with zero attached hydrogens (tertiary/aromatic N) is 1. The molecule has 2 aromatic carbocycles. The molecule has 0 fully saturated rings. The van der Waals surface area contributed by atoms with Crippen LogP contribution in [0.5, 0.6) is 5.88 Å². The molecule has 0 spiro atoms. The normalized spacial score (nSPS) is 10.8. The highest BCUT2D eigenvalue weighted by atomic mass is 16.5. The van der Waals surface area contributed by atoms with Crippen LogP contribution in [0.2, 0.25) is 0 Å². The van der Waals surface area contributed by atoms with Crippen LogP contribution in [0.3, 0.4) is 0 Å². The van der Waals surface area contributed by atoms with Crippen molar-refractivity contribution in [3.8, 4) is 5.88 Å². The maximum atomic E-state index is 5.23. The predicted octanol–water partition coefficient (Wildman–Crippen LogP) is 3.37. The summed E-state index contributed by atoms with van der Waals surface area (Å²) in [6.07, 6.45) is 3.11. The molecule has 1 aromatic heterocycles. The van der Waals surface area contributed by atoms with E-state index in [0.29, 0.717) is 5.88 Å². The van der Waals surface area contributed by atoms with Gasteiger partial charge in [0.2, 0.25) is 5.88 Å². The van der Waals surface area contributed by atoms with Crippen molar-refractivity contribution in [1.82, 2.24) is 10.2 Å². The van der Waals surface area contributed by atoms with Crippen molar-refractivity contribution in [2.45, 2.75) is 6.42 Å². The van der Waals surface area contributed by atoms with E-state index in [9.17, 15) is 0 Å². The average Bonchev–Trinajstić information content (AvgIpc) is 2.88. The predicted molar refractivity (Wildman–Crippen MR) is 76.2 cm³/mol. The standard InChI is InChI=1S/C16H15N2O/c1-19-16-14-11-13(9-10-15(14)17-18-16)8-7-12-5-3-2-4-6-12/h2-7,9-11H,8H2,1H3,(H,17,18). The van der Waals surface area contributed by atoms with Gasteiger partial charge in [0.25, 0.3) is 0 Å². The highest BCUT2D eigenvalue weighted by Gasteiger charge is 2.06. The van der Waals surface area contributed by atoms with Crippen LogP contribution in [0.4, 0.5) is 0 Å². The Labute approximate surface area is 112 Å². The molecule has 1 radical (unpaired) electrons. The Balaban J connectivity index is 1.81. The second-order valence-electron chi connectivity index (χ2n) is 4.43. The summed E-state index contributed by atoms with van der Waals surface area (Å²) in [5.74, 6) is 0.650. The van der Waals surface area contributed by atoms with Crippen LogP contribution in [-0.4, -0.2) is 17.3 Å². The highest BCUT2D eigenvalue weighted by molar-refractivity contribution is 5.84. The number of hydrogen-bond donors (Lipinski definition) is 1. The SMILES string of the molecule is COc1n[nH]c2ccc(C[CH]c3ccccc3)cc12. The molecule has 0 aliphatic rings. The average molecular weight is 251 g/mol. The minimum Gasteiger partial charge on any atom is -0.480 e. The minimum absolute atomic E-state index is 0.650. The molecule has 0 aliphatic carbocycles. The molecule has 0 bridgehead atoms. The highest BCUT2D eigenvalue weighted by Crippen LogP contribution is 2.24. The van der Waals surface area contributed by atoms with Crippen molar-refractivity contribution in [2.75, 3.05) is 7.11 Å². The van der Waals surface area contributed by atoms with Gasteiger partial charge in [-0.05, 0) is 36.1 Å². The molecule has 3 heteroatoms. The van der Waals surface area contributed by atoms with Crippen LogP contribution >= 0.6 is 0 Å². The number of benzene rings is 2. The first kappa shape index (κ1) is 11.8. The summed E-state index contributed by atoms with van der Waals surface area (Å²) in [4.78, 5) is 0. The Morgan fingerprint density at radius 1 is 1.16 bits per heavy atom. The Morgan fingerprint density at radius 2 is 2.00 bits per heavy atom. The van der Waals surface area contributed by atoms with Gasteiger partial charge in [0, 0.05) is 0 Å². The molecule has 19 heavy (non-hydrogen) atoms. The molecule has 3 aromatic rings. The number of aromatic nitrogens is 2. The lowest BCUT2D eigenvalue weighted by Gasteiger charge is -2.02. The third-order valence-electron chi connectivity index (χ3n) is 3.16. The van der Waals surface area contributed by atoms with Crippen LogP contribution in [0.15, 0.2) is 48.5 Å². The second-order valence-corrected chi connectivity index (χ2v) is 4.43. The topological polar surface area (TPSA) is 37.9 Å². The van der Waals surface area contributed by atoms with Crippen LogP contribution < -0.4 is 4.74 Å². The molecule has 3 nitrogen and oxygen atoms in total. The first-order valence-corrected chi connectivity index (χ1v) is 6.26. The largest absolute Gasteiger partial charge is 0.480 e. The fourth-order valence-electron chi connectivity index (χ4n) is 2.14. The van der Waals surface area contributed by atoms with Gasteiger partial charge in [-0.15, -0.1) is 5.10 Å². The summed E-state index contributed by atoms with van der Waals surface area (Å²) in [6, 6.07) is 16.6. The number of H-pyrrole nitrogens is 1. The Hall–Kier alpha value is -2.29. The molecule has 0 atom stereocenters. The molecule has 1 heterocycles. The van der Waals surface area contributed by atoms with Crippen LogP contribution in [-0.2, 0) is 6.42 Å². The lowest BCUT2D eigenvalue weighted by molar-refractivity contribution is 0.401. The zero-order valence-corrected chi connectivity index (χ0v) is 10.8. The molecule has 3 rings (SSSR count). The summed E-state index contributed by atoms with van der Waals surface area (Å²) in [6.45, 7) is 0. The van der Waals surface area contributed by atoms with Gasteiger partial charge in [0.15, 0.2) is 0 Å². The van der Waals surface area contributed by atoms with Crippen molar-refractivity contribution in [1.29, 1.82) is 0 Å². The number of ether oxygens (including phenoxy) is 1. The van der Waals surface area contributed by atoms with Crippen LogP contribution in [0.25, 0.3) is 10.9 Å². The van der Waals surface area contributed by atoms with E-state index in [-0.39, 0.29) is 0 Å². The molecule has 0 aliphatic heterocycles. The van der Waals surface area contributed by atoms with E-state index in [1.54, 1.807) is 7.11 Å². The van der Waals surface area contributed by atoms with Gasteiger partial charge in [-0.2, -0.15) is 0 Å². The summed E-state index contributed by atoms with van der Waals surface area (Å²) >= 11 is 0. The van der Waals surface area contributed by atoms with Gasteiger partial charge < -0.3 is 4.74 Å². The molecule has 1 N–H and O–H groups in total. The van der Waals surface area contributed by atoms with E-state index in [0.717, 1.165) is 17.3 Å². The third kappa shape index (κ3) is 2.45. The number of hydrogen-bond acceptors (Lipinski definition) is 2. The smallest absolute Gasteiger partial charge is 0.240 e. The van der Waals surface area contributed by atoms with Crippen LogP contribution in [0, 0.1) is 6.42 Å². The monoisotopic (exact) mass is 251 g/mol. The number of methoxy groups -OCH3 is 1. The third-order valence-corrected chi connectivity index (χ3v) is 3.16. The summed E-state index contributed by atoms with van der Waals surface area (Å²) in [7, 11) is 1.64. The number of fused-ring (bicyclic) bond motifs is 1. The lowest BCUT2D eigenvalue weighted by atomic mass is 10.0. The van der Waals surface area contributed by atoms with E-state index < -0.39 is 0 Å². The van der Waals surface area contributed by atoms with Gasteiger partial charge >= 0.3 is 0 Å². The van der Waals surface area contributed by atoms with E-state index >= 15 is 0 Å². The van der Waals surface area contributed by atoms with Crippen molar-refractivity contribution < 1.29 is 4.74 Å². The van der Waals surface area contributed by atoms with Crippen molar-refractivity contribution in [3.05, 3.63) is 66.1 Å². The first-order chi connectivity index (χ1) is 9.36. The summed E-state index contributed by atoms with van der Waals surface area (Å²) in [5.41, 5.74) is 3.48. The van der Waals surface area contributed by atoms with E-state index in [2.05, 4.69) is 40.9 Å². The number of rotatable bonds is 4. The van der Waals surface area contributed by atoms with Crippen LogP contribution in [0.1, 0.15) is 11.1 Å². The van der Waals surface area contributed by atoms with Gasteiger partial charge in [0.1, 0.15) is 0 Å². The minimum atomic E-state index is 0.650. The summed E-state index contributed by atoms with van der Waals surface area (Å²) < 4.78 is 5.23. The molecule has 0 saturated carbocycles. The second kappa shape index (κ2) is 5.14. The fraction of sp³-hybridized carbons (Fsp3) is 0.125. The zero-order chi connectivity index (χ0) is 13.1. The Kier molecular flexibility index (Phi) is 3.19. The van der Waals surface area contributed by atoms with Crippen molar-refractivity contribution in [2.24, 2.45) is 0 Å². The molecule has 0 saturated heterocycles. The Morgan fingerprint density at radius 3 is 2.79 bits per heavy atom. The maximum Gasteiger partial charge on any atom is 0.240 e. The molecule has 0 amide bonds. The lowest BCUT2D eigenvalue weighted by Crippen LogP contribution is -1.89. The Bertz CT molecular complexity index is 674. The van der Waals surface area contributed by atoms with Gasteiger partial charge in [-0.25, -0.2) is 0 Å². The van der Waals surface area contributed by atoms with E-state index in [1.165, 1.54) is 11.1 Å². The molecular formula is C16H15N2O. The molecule has 95 valence electrons. The first-order valence-electron chi connectivity index (χ1n) is 6.26. The summed E-state index contributed by atoms with van der Waals surface area (Å²) in [5, 5.41) is 8.10. The fourth-order valence-corrected chi connectivity index (χ4v) is 2.14. The van der Waals surface area contributed by atoms with Gasteiger partial charge in [-0.3, -0.25) is 5.10 Å². The van der Waals surface area contributed by atoms with Crippen molar-refractivity contribution in [3.63, 3.8) is 0 Å². The van der Waals surface area contributed by atoms with Crippen molar-refractivity contribution >= 4 is 10.9 Å². The zero-order valence-electron chi connectivity index (χ0n) is 10.8. The van der Waals surface area contributed by atoms with E-state index in [1.807, 2.05) is 24.3 Å². The molecule has 0 unspecified atom stereocenters. The van der Waals surface area contributed by atoms with E-state index in [4.69, 9.17) is 4.74 Å². The quantitative estimate of drug-likeness (QED) is 0.772. The van der Waals surface area contributed by atoms with Gasteiger partial charge in [-0.1, -0.05) is 36.4 Å².